The summed E-state index contributed by atoms with van der Waals surface area (Å²) in [5, 5.41) is 11.7. The number of carbonyl (C=O) groups is 2. The maximum atomic E-state index is 11.2. The Balaban J connectivity index is -0.000000493. The number of azide groups is 1. The maximum absolute atomic E-state index is 11.2. The molecule has 0 amide bonds. The van der Waals surface area contributed by atoms with Gasteiger partial charge in [-0.1, -0.05) is 5.11 Å². The highest BCUT2D eigenvalue weighted by Gasteiger charge is 2.16. The second-order valence-corrected chi connectivity index (χ2v) is 12.0. The molecule has 0 unspecified atom stereocenters. The van der Waals surface area contributed by atoms with Crippen molar-refractivity contribution in [2.75, 3.05) is 45.8 Å². The summed E-state index contributed by atoms with van der Waals surface area (Å²) in [5.74, 6) is -0.420. The van der Waals surface area contributed by atoms with Crippen LogP contribution in [-0.4, -0.2) is 82.5 Å². The number of nitrogens with zero attached hydrogens (tertiary/aromatic N) is 3. The van der Waals surface area contributed by atoms with E-state index in [0.717, 1.165) is 6.26 Å². The number of hydrogen-bond donors (Lipinski definition) is 1. The Kier molecular flexibility index (Phi) is 23.4. The van der Waals surface area contributed by atoms with Gasteiger partial charge in [0.25, 0.3) is 0 Å². The fourth-order valence-electron chi connectivity index (χ4n) is 1.84. The summed E-state index contributed by atoms with van der Waals surface area (Å²) in [6.07, 6.45) is 2.89. The van der Waals surface area contributed by atoms with Gasteiger partial charge in [-0.2, -0.15) is 0 Å². The molecule has 0 saturated heterocycles. The van der Waals surface area contributed by atoms with Crippen LogP contribution in [0.25, 0.3) is 10.4 Å². The molecule has 0 atom stereocenters. The lowest BCUT2D eigenvalue weighted by Gasteiger charge is -2.19. The van der Waals surface area contributed by atoms with Gasteiger partial charge < -0.3 is 24.1 Å². The number of esters is 2. The molecule has 14 heteroatoms. The van der Waals surface area contributed by atoms with Crippen molar-refractivity contribution in [3.8, 4) is 0 Å². The molecule has 0 aliphatic rings. The summed E-state index contributed by atoms with van der Waals surface area (Å²) in [6.45, 7) is 13.0. The highest BCUT2D eigenvalue weighted by atomic mass is 35.7. The summed E-state index contributed by atoms with van der Waals surface area (Å²) >= 11 is 0. The summed E-state index contributed by atoms with van der Waals surface area (Å²) < 4.78 is 39.2. The van der Waals surface area contributed by atoms with Gasteiger partial charge in [-0.3, -0.25) is 9.59 Å². The summed E-state index contributed by atoms with van der Waals surface area (Å²) in [5.41, 5.74) is 7.15. The van der Waals surface area contributed by atoms with Gasteiger partial charge in [-0.25, -0.2) is 8.42 Å². The maximum Gasteiger partial charge on any atom is 0.306 e. The average molecular weight is 548 g/mol. The van der Waals surface area contributed by atoms with E-state index in [-0.39, 0.29) is 18.5 Å². The van der Waals surface area contributed by atoms with E-state index in [1.165, 1.54) is 0 Å². The second-order valence-electron chi connectivity index (χ2n) is 8.96. The van der Waals surface area contributed by atoms with E-state index in [9.17, 15) is 18.0 Å². The SMILES string of the molecule is CC(C)(C)OC(=O)CCCOCCN=[N+]=[N-].CC(C)(C)OC(=O)CCCOCCO.CS(=O)(=O)Cl. The minimum absolute atomic E-state index is 0.0203. The summed E-state index contributed by atoms with van der Waals surface area (Å²) in [7, 11) is 1.31. The lowest BCUT2D eigenvalue weighted by molar-refractivity contribution is -0.156. The third kappa shape index (κ3) is 50.3. The van der Waals surface area contributed by atoms with Crippen LogP contribution >= 0.6 is 10.7 Å². The number of ether oxygens (including phenoxy) is 4. The lowest BCUT2D eigenvalue weighted by Crippen LogP contribution is -2.23. The van der Waals surface area contributed by atoms with Gasteiger partial charge in [0.05, 0.1) is 26.1 Å². The summed E-state index contributed by atoms with van der Waals surface area (Å²) in [6, 6.07) is 0. The molecule has 0 radical (unpaired) electrons. The van der Waals surface area contributed by atoms with Crippen LogP contribution in [0.3, 0.4) is 0 Å². The second kappa shape index (κ2) is 21.6. The Hall–Kier alpha value is -1.63. The largest absolute Gasteiger partial charge is 0.460 e. The first-order chi connectivity index (χ1) is 15.9. The van der Waals surface area contributed by atoms with E-state index in [1.807, 2.05) is 41.5 Å². The van der Waals surface area contributed by atoms with Crippen molar-refractivity contribution in [1.29, 1.82) is 0 Å². The third-order valence-electron chi connectivity index (χ3n) is 2.81. The van der Waals surface area contributed by atoms with E-state index in [0.29, 0.717) is 58.7 Å². The number of hydrogen-bond acceptors (Lipinski definition) is 10. The number of carbonyl (C=O) groups excluding carboxylic acids is 2. The first kappa shape index (κ1) is 37.9. The quantitative estimate of drug-likeness (QED) is 0.0898. The normalized spacial score (nSPS) is 11.1. The minimum atomic E-state index is -3.19. The molecule has 0 aromatic carbocycles. The number of aliphatic hydroxyl groups is 1. The van der Waals surface area contributed by atoms with Crippen LogP contribution in [0.5, 0.6) is 0 Å². The average Bonchev–Trinajstić information content (AvgIpc) is 2.63. The molecule has 0 aromatic heterocycles. The highest BCUT2D eigenvalue weighted by Crippen LogP contribution is 2.09. The zero-order chi connectivity index (χ0) is 28.0. The van der Waals surface area contributed by atoms with Gasteiger partial charge in [0.15, 0.2) is 0 Å². The monoisotopic (exact) mass is 547 g/mol. The molecule has 0 saturated carbocycles. The molecule has 0 rings (SSSR count). The van der Waals surface area contributed by atoms with Gasteiger partial charge in [0, 0.05) is 48.2 Å². The molecular weight excluding hydrogens is 506 g/mol. The molecule has 208 valence electrons. The smallest absolute Gasteiger partial charge is 0.306 e. The van der Waals surface area contributed by atoms with Crippen molar-refractivity contribution in [3.05, 3.63) is 10.4 Å². The molecule has 0 aliphatic heterocycles. The molecule has 0 fully saturated rings. The van der Waals surface area contributed by atoms with Crippen LogP contribution in [0.1, 0.15) is 67.2 Å². The van der Waals surface area contributed by atoms with E-state index in [2.05, 4.69) is 20.7 Å². The van der Waals surface area contributed by atoms with Crippen molar-refractivity contribution < 1.29 is 42.1 Å². The first-order valence-electron chi connectivity index (χ1n) is 11.0. The van der Waals surface area contributed by atoms with Gasteiger partial charge in [0.2, 0.25) is 9.05 Å². The zero-order valence-electron chi connectivity index (χ0n) is 21.9. The Morgan fingerprint density at radius 1 is 0.886 bits per heavy atom. The topological polar surface area (TPSA) is 174 Å². The molecule has 0 aliphatic carbocycles. The van der Waals surface area contributed by atoms with Crippen LogP contribution in [0, 0.1) is 0 Å². The van der Waals surface area contributed by atoms with Gasteiger partial charge in [-0.05, 0) is 59.9 Å². The molecule has 0 spiro atoms. The predicted octanol–water partition coefficient (Wildman–Crippen LogP) is 3.74. The molecule has 1 N–H and O–H groups in total. The van der Waals surface area contributed by atoms with Crippen molar-refractivity contribution in [2.45, 2.75) is 78.4 Å². The third-order valence-corrected chi connectivity index (χ3v) is 2.81. The number of halogens is 1. The number of rotatable bonds is 13. The van der Waals surface area contributed by atoms with Crippen LogP contribution in [0.4, 0.5) is 0 Å². The van der Waals surface area contributed by atoms with E-state index >= 15 is 0 Å². The van der Waals surface area contributed by atoms with Crippen LogP contribution in [0.15, 0.2) is 5.11 Å². The van der Waals surface area contributed by atoms with E-state index in [1.54, 1.807) is 0 Å². The molecule has 0 bridgehead atoms. The molecule has 12 nitrogen and oxygen atoms in total. The lowest BCUT2D eigenvalue weighted by atomic mass is 10.2. The zero-order valence-corrected chi connectivity index (χ0v) is 23.5. The van der Waals surface area contributed by atoms with Crippen molar-refractivity contribution in [2.24, 2.45) is 5.11 Å². The van der Waals surface area contributed by atoms with E-state index in [4.69, 9.17) is 29.6 Å². The fraction of sp³-hybridized carbons (Fsp3) is 0.905. The van der Waals surface area contributed by atoms with Crippen molar-refractivity contribution in [3.63, 3.8) is 0 Å². The Morgan fingerprint density at radius 3 is 1.57 bits per heavy atom. The van der Waals surface area contributed by atoms with Crippen LogP contribution < -0.4 is 0 Å². The van der Waals surface area contributed by atoms with Crippen molar-refractivity contribution >= 4 is 31.7 Å². The van der Waals surface area contributed by atoms with E-state index < -0.39 is 20.3 Å². The Morgan fingerprint density at radius 2 is 1.26 bits per heavy atom. The van der Waals surface area contributed by atoms with Crippen LogP contribution in [0.2, 0.25) is 0 Å². The molecule has 0 heterocycles. The Bertz CT molecular complexity index is 707. The molecule has 0 aromatic rings. The van der Waals surface area contributed by atoms with Gasteiger partial charge in [-0.15, -0.1) is 0 Å². The molecular formula is C21H42ClN3O9S. The molecule has 35 heavy (non-hydrogen) atoms. The summed E-state index contributed by atoms with van der Waals surface area (Å²) in [4.78, 5) is 25.0. The highest BCUT2D eigenvalue weighted by molar-refractivity contribution is 8.13. The first-order valence-corrected chi connectivity index (χ1v) is 13.7. The standard InChI is InChI=1S/C10H19N3O3.C10H20O4.CH3ClO2S/c1-10(2,3)16-9(14)5-4-7-15-8-6-12-13-11;1-10(2,3)14-9(12)5-4-7-13-8-6-11;1-5(2,3)4/h4-8H2,1-3H3;11H,4-8H2,1-3H3;1H3. The number of aliphatic hydroxyl groups excluding tert-OH is 1. The van der Waals surface area contributed by atoms with Crippen LogP contribution in [-0.2, 0) is 37.6 Å². The predicted molar refractivity (Wildman–Crippen MR) is 134 cm³/mol. The fourth-order valence-corrected chi connectivity index (χ4v) is 1.84. The Labute approximate surface area is 213 Å². The minimum Gasteiger partial charge on any atom is -0.460 e. The van der Waals surface area contributed by atoms with Crippen molar-refractivity contribution in [1.82, 2.24) is 0 Å². The van der Waals surface area contributed by atoms with Gasteiger partial charge >= 0.3 is 11.9 Å². The van der Waals surface area contributed by atoms with Gasteiger partial charge in [0.1, 0.15) is 11.2 Å².